The van der Waals surface area contributed by atoms with Gasteiger partial charge in [0.15, 0.2) is 6.10 Å². The summed E-state index contributed by atoms with van der Waals surface area (Å²) < 4.78 is 22.2. The van der Waals surface area contributed by atoms with Gasteiger partial charge in [-0.2, -0.15) is 0 Å². The Morgan fingerprint density at radius 3 is 2.19 bits per heavy atom. The summed E-state index contributed by atoms with van der Waals surface area (Å²) in [5, 5.41) is 0. The van der Waals surface area contributed by atoms with Crippen LogP contribution in [0.1, 0.15) is 54.4 Å². The zero-order valence-corrected chi connectivity index (χ0v) is 18.1. The van der Waals surface area contributed by atoms with Gasteiger partial charge in [0.05, 0.1) is 7.11 Å². The van der Waals surface area contributed by atoms with Gasteiger partial charge in [-0.25, -0.2) is 4.79 Å². The van der Waals surface area contributed by atoms with E-state index in [9.17, 15) is 14.4 Å². The standard InChI is InChI=1S/C19H32O7S/c1-8-15(24-13(5)20)17(25-14(6)21)16-12(4)11(3)10-19(26-16,27-9-2)18(22)23-7/h11-12,15-17H,8-10H2,1-7H3/t11?,12?,15-,16?,17-,19?/m1/s1. The molecule has 0 bridgehead atoms. The maximum atomic E-state index is 12.6. The van der Waals surface area contributed by atoms with Crippen LogP contribution in [-0.2, 0) is 33.3 Å². The Bertz CT molecular complexity index is 538. The number of rotatable bonds is 8. The van der Waals surface area contributed by atoms with Crippen molar-refractivity contribution in [3.63, 3.8) is 0 Å². The lowest BCUT2D eigenvalue weighted by Crippen LogP contribution is -2.58. The van der Waals surface area contributed by atoms with E-state index in [-0.39, 0.29) is 11.8 Å². The van der Waals surface area contributed by atoms with Crippen molar-refractivity contribution >= 4 is 29.7 Å². The van der Waals surface area contributed by atoms with Crippen molar-refractivity contribution in [2.75, 3.05) is 12.9 Å². The number of hydrogen-bond donors (Lipinski definition) is 0. The van der Waals surface area contributed by atoms with E-state index in [2.05, 4.69) is 0 Å². The first-order valence-corrected chi connectivity index (χ1v) is 10.3. The minimum absolute atomic E-state index is 0.0193. The fraction of sp³-hybridized carbons (Fsp3) is 0.842. The van der Waals surface area contributed by atoms with Crippen LogP contribution in [0, 0.1) is 11.8 Å². The molecule has 7 nitrogen and oxygen atoms in total. The number of esters is 3. The molecule has 0 aromatic carbocycles. The van der Waals surface area contributed by atoms with Gasteiger partial charge in [-0.1, -0.05) is 27.7 Å². The van der Waals surface area contributed by atoms with Gasteiger partial charge in [0, 0.05) is 13.8 Å². The van der Waals surface area contributed by atoms with Gasteiger partial charge in [0.2, 0.25) is 4.93 Å². The maximum Gasteiger partial charge on any atom is 0.348 e. The number of hydrogen-bond acceptors (Lipinski definition) is 8. The highest BCUT2D eigenvalue weighted by atomic mass is 32.2. The summed E-state index contributed by atoms with van der Waals surface area (Å²) >= 11 is 1.37. The molecular formula is C19H32O7S. The van der Waals surface area contributed by atoms with E-state index >= 15 is 0 Å². The highest BCUT2D eigenvalue weighted by Gasteiger charge is 2.54. The molecule has 27 heavy (non-hydrogen) atoms. The first-order chi connectivity index (χ1) is 12.6. The third-order valence-electron chi connectivity index (χ3n) is 4.92. The van der Waals surface area contributed by atoms with Crippen molar-refractivity contribution in [1.29, 1.82) is 0 Å². The number of carbonyl (C=O) groups is 3. The van der Waals surface area contributed by atoms with E-state index < -0.39 is 41.2 Å². The Balaban J connectivity index is 3.32. The van der Waals surface area contributed by atoms with Crippen LogP contribution in [0.15, 0.2) is 0 Å². The largest absolute Gasteiger partial charge is 0.466 e. The number of carbonyl (C=O) groups excluding carboxylic acids is 3. The topological polar surface area (TPSA) is 88.1 Å². The molecule has 0 N–H and O–H groups in total. The lowest BCUT2D eigenvalue weighted by molar-refractivity contribution is -0.215. The van der Waals surface area contributed by atoms with Crippen LogP contribution in [0.5, 0.6) is 0 Å². The average Bonchev–Trinajstić information content (AvgIpc) is 2.60. The van der Waals surface area contributed by atoms with Crippen LogP contribution < -0.4 is 0 Å². The molecule has 4 unspecified atom stereocenters. The molecule has 0 aromatic rings. The minimum Gasteiger partial charge on any atom is -0.466 e. The summed E-state index contributed by atoms with van der Waals surface area (Å²) in [6.45, 7) is 10.4. The van der Waals surface area contributed by atoms with Gasteiger partial charge in [0.1, 0.15) is 12.2 Å². The summed E-state index contributed by atoms with van der Waals surface area (Å²) in [6, 6.07) is 0. The van der Waals surface area contributed by atoms with Gasteiger partial charge >= 0.3 is 17.9 Å². The van der Waals surface area contributed by atoms with Gasteiger partial charge < -0.3 is 18.9 Å². The van der Waals surface area contributed by atoms with Crippen molar-refractivity contribution < 1.29 is 33.3 Å². The van der Waals surface area contributed by atoms with E-state index in [4.69, 9.17) is 18.9 Å². The number of methoxy groups -OCH3 is 1. The lowest BCUT2D eigenvalue weighted by Gasteiger charge is -2.47. The quantitative estimate of drug-likeness (QED) is 0.451. The van der Waals surface area contributed by atoms with Gasteiger partial charge in [-0.3, -0.25) is 9.59 Å². The maximum absolute atomic E-state index is 12.6. The average molecular weight is 405 g/mol. The fourth-order valence-corrected chi connectivity index (χ4v) is 4.72. The van der Waals surface area contributed by atoms with E-state index in [0.29, 0.717) is 18.6 Å². The van der Waals surface area contributed by atoms with Gasteiger partial charge in [-0.05, 0) is 30.4 Å². The molecule has 1 heterocycles. The molecule has 6 atom stereocenters. The lowest BCUT2D eigenvalue weighted by atomic mass is 9.80. The summed E-state index contributed by atoms with van der Waals surface area (Å²) in [7, 11) is 1.33. The summed E-state index contributed by atoms with van der Waals surface area (Å²) in [5.74, 6) is -0.671. The molecule has 8 heteroatoms. The summed E-state index contributed by atoms with van der Waals surface area (Å²) in [6.07, 6.45) is -1.14. The van der Waals surface area contributed by atoms with Crippen LogP contribution in [0.3, 0.4) is 0 Å². The van der Waals surface area contributed by atoms with E-state index in [1.807, 2.05) is 27.7 Å². The van der Waals surface area contributed by atoms with Crippen molar-refractivity contribution in [2.24, 2.45) is 11.8 Å². The molecule has 0 radical (unpaired) electrons. The number of thioether (sulfide) groups is 1. The second-order valence-corrected chi connectivity index (χ2v) is 8.46. The van der Waals surface area contributed by atoms with E-state index in [1.165, 1.54) is 32.7 Å². The summed E-state index contributed by atoms with van der Waals surface area (Å²) in [4.78, 5) is 34.7. The molecule has 0 saturated carbocycles. The van der Waals surface area contributed by atoms with Crippen LogP contribution in [-0.4, -0.2) is 54.0 Å². The molecule has 0 aliphatic carbocycles. The van der Waals surface area contributed by atoms with Crippen LogP contribution in [0.25, 0.3) is 0 Å². The Hall–Kier alpha value is -1.28. The molecule has 1 aliphatic rings. The summed E-state index contributed by atoms with van der Waals surface area (Å²) in [5.41, 5.74) is 0. The second kappa shape index (κ2) is 10.3. The number of ether oxygens (including phenoxy) is 4. The molecule has 1 fully saturated rings. The SMILES string of the molecule is CCSC1(C(=O)OC)CC(C)C(C)C([C@H](OC(C)=O)[C@@H](CC)OC(C)=O)O1. The Kier molecular flexibility index (Phi) is 9.08. The molecule has 1 rings (SSSR count). The smallest absolute Gasteiger partial charge is 0.348 e. The van der Waals surface area contributed by atoms with Gasteiger partial charge in [-0.15, -0.1) is 11.8 Å². The monoisotopic (exact) mass is 404 g/mol. The minimum atomic E-state index is -1.17. The van der Waals surface area contributed by atoms with Crippen LogP contribution in [0.4, 0.5) is 0 Å². The van der Waals surface area contributed by atoms with E-state index in [0.717, 1.165) is 0 Å². The first-order valence-electron chi connectivity index (χ1n) is 9.36. The Labute approximate surface area is 165 Å². The fourth-order valence-electron chi connectivity index (χ4n) is 3.49. The molecule has 156 valence electrons. The van der Waals surface area contributed by atoms with Crippen molar-refractivity contribution in [1.82, 2.24) is 0 Å². The molecule has 1 aliphatic heterocycles. The molecule has 0 spiro atoms. The highest BCUT2D eigenvalue weighted by Crippen LogP contribution is 2.46. The molecule has 0 amide bonds. The first kappa shape index (κ1) is 23.8. The highest BCUT2D eigenvalue weighted by molar-refractivity contribution is 8.01. The second-order valence-electron chi connectivity index (χ2n) is 6.93. The zero-order valence-electron chi connectivity index (χ0n) is 17.3. The van der Waals surface area contributed by atoms with Gasteiger partial charge in [0.25, 0.3) is 0 Å². The zero-order chi connectivity index (χ0) is 20.8. The third kappa shape index (κ3) is 5.85. The Morgan fingerprint density at radius 2 is 1.74 bits per heavy atom. The molecular weight excluding hydrogens is 372 g/mol. The van der Waals surface area contributed by atoms with Crippen molar-refractivity contribution in [3.05, 3.63) is 0 Å². The van der Waals surface area contributed by atoms with E-state index in [1.54, 1.807) is 0 Å². The van der Waals surface area contributed by atoms with Crippen molar-refractivity contribution in [2.45, 2.75) is 77.6 Å². The third-order valence-corrected chi connectivity index (χ3v) is 6.10. The predicted octanol–water partition coefficient (Wildman–Crippen LogP) is 2.94. The van der Waals surface area contributed by atoms with Crippen LogP contribution in [0.2, 0.25) is 0 Å². The molecule has 0 aromatic heterocycles. The Morgan fingerprint density at radius 1 is 1.15 bits per heavy atom. The van der Waals surface area contributed by atoms with Crippen LogP contribution >= 0.6 is 11.8 Å². The molecule has 1 saturated heterocycles. The normalized spacial score (nSPS) is 30.1. The predicted molar refractivity (Wildman–Crippen MR) is 102 cm³/mol. The van der Waals surface area contributed by atoms with Crippen molar-refractivity contribution in [3.8, 4) is 0 Å².